The van der Waals surface area contributed by atoms with Gasteiger partial charge in [-0.25, -0.2) is 19.2 Å². The molecule has 0 saturated heterocycles. The molecule has 0 radical (unpaired) electrons. The predicted molar refractivity (Wildman–Crippen MR) is 155 cm³/mol. The summed E-state index contributed by atoms with van der Waals surface area (Å²) in [5.74, 6) is 3.05. The van der Waals surface area contributed by atoms with Crippen molar-refractivity contribution in [1.29, 1.82) is 0 Å². The van der Waals surface area contributed by atoms with E-state index >= 15 is 0 Å². The Kier molecular flexibility index (Phi) is 6.39. The van der Waals surface area contributed by atoms with E-state index in [4.69, 9.17) is 40.6 Å². The van der Waals surface area contributed by atoms with Gasteiger partial charge in [-0.15, -0.1) is 5.10 Å². The summed E-state index contributed by atoms with van der Waals surface area (Å²) in [4.78, 5) is 9.56. The number of para-hydroxylation sites is 3. The summed E-state index contributed by atoms with van der Waals surface area (Å²) in [5.41, 5.74) is 4.76. The normalized spacial score (nSPS) is 13.8. The lowest BCUT2D eigenvalue weighted by Crippen LogP contribution is -2.16. The molecule has 0 aliphatic carbocycles. The van der Waals surface area contributed by atoms with Crippen LogP contribution in [0.25, 0.3) is 11.3 Å². The molecule has 11 heteroatoms. The number of aromatic nitrogens is 6. The molecular weight excluding hydrogens is 556 g/mol. The van der Waals surface area contributed by atoms with Gasteiger partial charge in [0.05, 0.1) is 42.6 Å². The third kappa shape index (κ3) is 4.27. The van der Waals surface area contributed by atoms with Crippen LogP contribution >= 0.6 is 11.6 Å². The second-order valence-corrected chi connectivity index (χ2v) is 10.1. The van der Waals surface area contributed by atoms with Crippen molar-refractivity contribution in [2.24, 2.45) is 0 Å². The molecule has 1 atom stereocenters. The first-order valence-electron chi connectivity index (χ1n) is 13.2. The Hall–Kier alpha value is -5.09. The van der Waals surface area contributed by atoms with Gasteiger partial charge in [-0.3, -0.25) is 0 Å². The van der Waals surface area contributed by atoms with Gasteiger partial charge in [-0.05, 0) is 49.4 Å². The molecule has 3 aromatic carbocycles. The summed E-state index contributed by atoms with van der Waals surface area (Å²) in [6.45, 7) is 2.10. The minimum Gasteiger partial charge on any atom is -0.496 e. The molecule has 0 spiro atoms. The van der Waals surface area contributed by atoms with Crippen LogP contribution in [0.4, 0.5) is 0 Å². The zero-order valence-corrected chi connectivity index (χ0v) is 23.7. The van der Waals surface area contributed by atoms with Gasteiger partial charge in [0, 0.05) is 10.6 Å². The molecule has 0 amide bonds. The maximum absolute atomic E-state index is 6.50. The van der Waals surface area contributed by atoms with Crippen LogP contribution in [-0.4, -0.2) is 43.6 Å². The number of methoxy groups -OCH3 is 2. The number of benzene rings is 3. The molecule has 0 bridgehead atoms. The summed E-state index contributed by atoms with van der Waals surface area (Å²) < 4.78 is 27.2. The second kappa shape index (κ2) is 10.4. The van der Waals surface area contributed by atoms with E-state index in [-0.39, 0.29) is 12.5 Å². The molecule has 42 heavy (non-hydrogen) atoms. The van der Waals surface area contributed by atoms with Crippen LogP contribution in [0.5, 0.6) is 29.0 Å². The van der Waals surface area contributed by atoms with E-state index in [1.54, 1.807) is 29.7 Å². The van der Waals surface area contributed by atoms with Crippen molar-refractivity contribution in [1.82, 2.24) is 29.4 Å². The average Bonchev–Trinajstić information content (AvgIpc) is 3.60. The largest absolute Gasteiger partial charge is 0.496 e. The third-order valence-electron chi connectivity index (χ3n) is 7.21. The van der Waals surface area contributed by atoms with Crippen LogP contribution in [0.15, 0.2) is 79.1 Å². The highest BCUT2D eigenvalue weighted by atomic mass is 35.5. The molecule has 210 valence electrons. The Morgan fingerprint density at radius 3 is 2.33 bits per heavy atom. The van der Waals surface area contributed by atoms with Gasteiger partial charge >= 0.3 is 0 Å². The monoisotopic (exact) mass is 580 g/mol. The molecule has 1 aliphatic rings. The molecule has 0 N–H and O–H groups in total. The maximum Gasteiger partial charge on any atom is 0.230 e. The van der Waals surface area contributed by atoms with Gasteiger partial charge in [-0.2, -0.15) is 5.10 Å². The van der Waals surface area contributed by atoms with E-state index in [1.165, 1.54) is 0 Å². The molecule has 0 unspecified atom stereocenters. The highest BCUT2D eigenvalue weighted by Crippen LogP contribution is 2.51. The van der Waals surface area contributed by atoms with Crippen molar-refractivity contribution in [3.63, 3.8) is 0 Å². The Morgan fingerprint density at radius 2 is 1.57 bits per heavy atom. The molecular formula is C31H25ClN6O4. The third-order valence-corrected chi connectivity index (χ3v) is 7.46. The van der Waals surface area contributed by atoms with Crippen LogP contribution in [0.3, 0.4) is 0 Å². The van der Waals surface area contributed by atoms with Gasteiger partial charge in [0.1, 0.15) is 18.7 Å². The van der Waals surface area contributed by atoms with Crippen LogP contribution in [0.1, 0.15) is 34.1 Å². The SMILES string of the molecule is COc1ccccc1OCc1nc2c3c(ncn2n1)Oc1c(c(C)nn1-c1ccc(Cl)cc1)[C@H]3c1ccccc1OC. The van der Waals surface area contributed by atoms with Gasteiger partial charge in [0.2, 0.25) is 11.8 Å². The number of halogens is 1. The highest BCUT2D eigenvalue weighted by molar-refractivity contribution is 6.30. The molecule has 0 fully saturated rings. The number of rotatable bonds is 7. The number of ether oxygens (including phenoxy) is 4. The number of hydrogen-bond acceptors (Lipinski definition) is 8. The standard InChI is InChI=1S/C31H25ClN6O4/c1-18-26-27(21-8-4-5-9-22(21)39-2)28-29-34-25(16-41-24-11-7-6-10-23(24)40-3)36-37(29)17-33-30(28)42-31(26)38(35-18)20-14-12-19(32)13-15-20/h4-15,17,27H,16H2,1-3H3/t27-/m1/s1. The molecule has 4 heterocycles. The van der Waals surface area contributed by atoms with Crippen molar-refractivity contribution < 1.29 is 18.9 Å². The summed E-state index contributed by atoms with van der Waals surface area (Å²) in [7, 11) is 3.26. The van der Waals surface area contributed by atoms with Crippen molar-refractivity contribution >= 4 is 17.2 Å². The molecule has 10 nitrogen and oxygen atoms in total. The van der Waals surface area contributed by atoms with Crippen molar-refractivity contribution in [3.05, 3.63) is 112 Å². The Labute approximate surface area is 246 Å². The van der Waals surface area contributed by atoms with E-state index in [9.17, 15) is 0 Å². The minimum absolute atomic E-state index is 0.135. The van der Waals surface area contributed by atoms with Crippen molar-refractivity contribution in [3.8, 4) is 34.7 Å². The van der Waals surface area contributed by atoms with Crippen molar-refractivity contribution in [2.75, 3.05) is 14.2 Å². The van der Waals surface area contributed by atoms with Gasteiger partial charge in [0.25, 0.3) is 0 Å². The molecule has 3 aromatic heterocycles. The lowest BCUT2D eigenvalue weighted by Gasteiger charge is -2.27. The second-order valence-electron chi connectivity index (χ2n) is 9.67. The smallest absolute Gasteiger partial charge is 0.230 e. The van der Waals surface area contributed by atoms with E-state index in [0.717, 1.165) is 33.8 Å². The Bertz CT molecular complexity index is 1930. The lowest BCUT2D eigenvalue weighted by molar-refractivity contribution is 0.276. The first-order chi connectivity index (χ1) is 20.6. The summed E-state index contributed by atoms with van der Waals surface area (Å²) in [6, 6.07) is 22.8. The molecule has 7 rings (SSSR count). The lowest BCUT2D eigenvalue weighted by atomic mass is 9.84. The first kappa shape index (κ1) is 25.8. The molecule has 1 aliphatic heterocycles. The van der Waals surface area contributed by atoms with Gasteiger partial charge < -0.3 is 18.9 Å². The zero-order chi connectivity index (χ0) is 28.8. The predicted octanol–water partition coefficient (Wildman–Crippen LogP) is 6.15. The fourth-order valence-electron chi connectivity index (χ4n) is 5.34. The summed E-state index contributed by atoms with van der Waals surface area (Å²) in [5, 5.41) is 10.2. The van der Waals surface area contributed by atoms with Crippen molar-refractivity contribution in [2.45, 2.75) is 19.4 Å². The van der Waals surface area contributed by atoms with E-state index in [2.05, 4.69) is 10.1 Å². The molecule has 6 aromatic rings. The van der Waals surface area contributed by atoms with E-state index in [1.807, 2.05) is 79.7 Å². The topological polar surface area (TPSA) is 97.8 Å². The first-order valence-corrected chi connectivity index (χ1v) is 13.6. The number of hydrogen-bond donors (Lipinski definition) is 0. The molecule has 0 saturated carbocycles. The van der Waals surface area contributed by atoms with E-state index in [0.29, 0.717) is 39.8 Å². The fourth-order valence-corrected chi connectivity index (χ4v) is 5.46. The number of aryl methyl sites for hydroxylation is 1. The van der Waals surface area contributed by atoms with E-state index < -0.39 is 0 Å². The maximum atomic E-state index is 6.50. The zero-order valence-electron chi connectivity index (χ0n) is 23.0. The highest BCUT2D eigenvalue weighted by Gasteiger charge is 2.39. The number of fused-ring (bicyclic) bond motifs is 4. The Balaban J connectivity index is 1.38. The quantitative estimate of drug-likeness (QED) is 0.221. The van der Waals surface area contributed by atoms with Gasteiger partial charge in [0.15, 0.2) is 23.0 Å². The summed E-state index contributed by atoms with van der Waals surface area (Å²) >= 11 is 6.17. The fraction of sp³-hybridized carbons (Fsp3) is 0.161. The minimum atomic E-state index is -0.357. The van der Waals surface area contributed by atoms with Crippen LogP contribution in [0, 0.1) is 6.92 Å². The average molecular weight is 581 g/mol. The van der Waals surface area contributed by atoms with Crippen LogP contribution < -0.4 is 18.9 Å². The Morgan fingerprint density at radius 1 is 0.857 bits per heavy atom. The van der Waals surface area contributed by atoms with Crippen LogP contribution in [-0.2, 0) is 6.61 Å². The summed E-state index contributed by atoms with van der Waals surface area (Å²) in [6.07, 6.45) is 1.59. The van der Waals surface area contributed by atoms with Gasteiger partial charge in [-0.1, -0.05) is 41.9 Å². The van der Waals surface area contributed by atoms with Crippen LogP contribution in [0.2, 0.25) is 5.02 Å². The number of nitrogens with zero attached hydrogens (tertiary/aromatic N) is 6.